The Morgan fingerprint density at radius 2 is 0.600 bits per heavy atom. The molecule has 0 fully saturated rings. The zero-order valence-electron chi connectivity index (χ0n) is 41.1. The van der Waals surface area contributed by atoms with Gasteiger partial charge in [-0.05, 0) is 120 Å². The zero-order chi connectivity index (χ0) is 49.7. The van der Waals surface area contributed by atoms with Crippen molar-refractivity contribution >= 4 is 17.1 Å². The summed E-state index contributed by atoms with van der Waals surface area (Å²) in [6, 6.07) is 108. The smallest absolute Gasteiger partial charge is 0.132 e. The Bertz CT molecular complexity index is 4040. The van der Waals surface area contributed by atoms with Gasteiger partial charge in [-0.2, -0.15) is 0 Å². The highest BCUT2D eigenvalue weighted by Crippen LogP contribution is 2.62. The number of rotatable bonds is 9. The Labute approximate surface area is 438 Å². The van der Waals surface area contributed by atoms with Gasteiger partial charge in [0, 0.05) is 27.9 Å². The van der Waals surface area contributed by atoms with Crippen LogP contribution in [0.4, 0.5) is 17.1 Å². The van der Waals surface area contributed by atoms with Crippen LogP contribution in [-0.2, 0) is 5.41 Å². The summed E-state index contributed by atoms with van der Waals surface area (Å²) in [5.41, 5.74) is 24.1. The van der Waals surface area contributed by atoms with E-state index in [1.807, 2.05) is 0 Å². The van der Waals surface area contributed by atoms with Crippen LogP contribution in [0.1, 0.15) is 22.3 Å². The van der Waals surface area contributed by atoms with Crippen LogP contribution in [0.15, 0.2) is 297 Å². The first-order chi connectivity index (χ1) is 37.2. The highest BCUT2D eigenvalue weighted by molar-refractivity contribution is 5.99. The van der Waals surface area contributed by atoms with Gasteiger partial charge >= 0.3 is 0 Å². The molecule has 14 rings (SSSR count). The molecule has 2 heteroatoms. The first-order valence-corrected chi connectivity index (χ1v) is 25.8. The van der Waals surface area contributed by atoms with E-state index in [1.165, 1.54) is 55.6 Å². The lowest BCUT2D eigenvalue weighted by Gasteiger charge is -2.39. The van der Waals surface area contributed by atoms with Crippen LogP contribution in [0.25, 0.3) is 77.9 Å². The third-order valence-corrected chi connectivity index (χ3v) is 15.4. The monoisotopic (exact) mass is 955 g/mol. The Balaban J connectivity index is 0.932. The lowest BCUT2D eigenvalue weighted by atomic mass is 9.66. The highest BCUT2D eigenvalue weighted by atomic mass is 16.5. The van der Waals surface area contributed by atoms with Crippen molar-refractivity contribution in [1.82, 2.24) is 0 Å². The minimum absolute atomic E-state index is 0.547. The SMILES string of the molecule is c1ccc(-c2ccc(-c3ccccc3N(c3ccc(-c4ccc5c(c4)C4(c6ccccc6Oc6ccccc64)c4ccccc4-5)cc3)c3ccccc3-c3ccccc3-c3ccccc3-c3ccccc3)cc2)cc1. The molecule has 0 atom stereocenters. The first-order valence-electron chi connectivity index (χ1n) is 25.8. The normalized spacial score (nSPS) is 12.5. The fourth-order valence-corrected chi connectivity index (χ4v) is 12.1. The van der Waals surface area contributed by atoms with Crippen molar-refractivity contribution in [2.24, 2.45) is 0 Å². The molecule has 2 aliphatic rings. The van der Waals surface area contributed by atoms with E-state index < -0.39 is 5.41 Å². The van der Waals surface area contributed by atoms with E-state index in [2.05, 4.69) is 302 Å². The number of para-hydroxylation sites is 4. The van der Waals surface area contributed by atoms with Gasteiger partial charge < -0.3 is 9.64 Å². The van der Waals surface area contributed by atoms with Crippen LogP contribution >= 0.6 is 0 Å². The maximum Gasteiger partial charge on any atom is 0.132 e. The number of nitrogens with zero attached hydrogens (tertiary/aromatic N) is 1. The summed E-state index contributed by atoms with van der Waals surface area (Å²) in [6.07, 6.45) is 0. The molecule has 75 heavy (non-hydrogen) atoms. The molecule has 0 amide bonds. The molecule has 1 aliphatic carbocycles. The second-order valence-corrected chi connectivity index (χ2v) is 19.5. The van der Waals surface area contributed by atoms with Crippen molar-refractivity contribution in [3.05, 3.63) is 320 Å². The lowest BCUT2D eigenvalue weighted by molar-refractivity contribution is 0.436. The van der Waals surface area contributed by atoms with Gasteiger partial charge in [-0.25, -0.2) is 0 Å². The van der Waals surface area contributed by atoms with Crippen molar-refractivity contribution in [3.8, 4) is 89.4 Å². The van der Waals surface area contributed by atoms with E-state index in [-0.39, 0.29) is 0 Å². The summed E-state index contributed by atoms with van der Waals surface area (Å²) in [4.78, 5) is 2.46. The van der Waals surface area contributed by atoms with E-state index in [9.17, 15) is 0 Å². The van der Waals surface area contributed by atoms with Crippen LogP contribution in [0.5, 0.6) is 11.5 Å². The van der Waals surface area contributed by atoms with Crippen molar-refractivity contribution in [2.75, 3.05) is 4.90 Å². The van der Waals surface area contributed by atoms with Crippen LogP contribution in [-0.4, -0.2) is 0 Å². The van der Waals surface area contributed by atoms with E-state index in [0.717, 1.165) is 73.1 Å². The topological polar surface area (TPSA) is 12.5 Å². The fraction of sp³-hybridized carbons (Fsp3) is 0.0137. The Morgan fingerprint density at radius 1 is 0.227 bits per heavy atom. The minimum Gasteiger partial charge on any atom is -0.457 e. The molecule has 0 saturated carbocycles. The maximum absolute atomic E-state index is 6.66. The quantitative estimate of drug-likeness (QED) is 0.143. The Morgan fingerprint density at radius 3 is 1.24 bits per heavy atom. The van der Waals surface area contributed by atoms with Gasteiger partial charge in [0.05, 0.1) is 16.8 Å². The first kappa shape index (κ1) is 44.0. The largest absolute Gasteiger partial charge is 0.457 e. The molecule has 1 aliphatic heterocycles. The average Bonchev–Trinajstić information content (AvgIpc) is 3.81. The molecule has 0 bridgehead atoms. The van der Waals surface area contributed by atoms with Gasteiger partial charge in [0.1, 0.15) is 11.5 Å². The number of anilines is 3. The van der Waals surface area contributed by atoms with Gasteiger partial charge in [-0.15, -0.1) is 0 Å². The predicted molar refractivity (Wildman–Crippen MR) is 311 cm³/mol. The van der Waals surface area contributed by atoms with E-state index in [1.54, 1.807) is 0 Å². The van der Waals surface area contributed by atoms with Crippen LogP contribution in [0, 0.1) is 0 Å². The van der Waals surface area contributed by atoms with E-state index in [0.29, 0.717) is 0 Å². The highest BCUT2D eigenvalue weighted by Gasteiger charge is 2.51. The molecule has 0 unspecified atom stereocenters. The van der Waals surface area contributed by atoms with Crippen LogP contribution < -0.4 is 9.64 Å². The molecule has 0 N–H and O–H groups in total. The second-order valence-electron chi connectivity index (χ2n) is 19.5. The summed E-state index contributed by atoms with van der Waals surface area (Å²) >= 11 is 0. The Kier molecular flexibility index (Phi) is 10.8. The molecule has 0 saturated heterocycles. The molecule has 12 aromatic carbocycles. The van der Waals surface area contributed by atoms with Crippen LogP contribution in [0.3, 0.4) is 0 Å². The van der Waals surface area contributed by atoms with Crippen molar-refractivity contribution < 1.29 is 4.74 Å². The summed E-state index contributed by atoms with van der Waals surface area (Å²) in [6.45, 7) is 0. The third-order valence-electron chi connectivity index (χ3n) is 15.4. The molecular formula is C73H49NO. The number of fused-ring (bicyclic) bond motifs is 9. The molecule has 1 heterocycles. The van der Waals surface area contributed by atoms with Crippen molar-refractivity contribution in [1.29, 1.82) is 0 Å². The van der Waals surface area contributed by atoms with E-state index >= 15 is 0 Å². The van der Waals surface area contributed by atoms with Crippen molar-refractivity contribution in [2.45, 2.75) is 5.41 Å². The predicted octanol–water partition coefficient (Wildman–Crippen LogP) is 19.6. The molecule has 12 aromatic rings. The molecule has 2 nitrogen and oxygen atoms in total. The number of hydrogen-bond acceptors (Lipinski definition) is 2. The summed E-state index contributed by atoms with van der Waals surface area (Å²) in [5, 5.41) is 0. The van der Waals surface area contributed by atoms with Crippen molar-refractivity contribution in [3.63, 3.8) is 0 Å². The fourth-order valence-electron chi connectivity index (χ4n) is 12.1. The summed E-state index contributed by atoms with van der Waals surface area (Å²) < 4.78 is 6.66. The van der Waals surface area contributed by atoms with Gasteiger partial charge in [-0.1, -0.05) is 255 Å². The molecular weight excluding hydrogens is 907 g/mol. The lowest BCUT2D eigenvalue weighted by Crippen LogP contribution is -2.32. The molecule has 0 aromatic heterocycles. The Hall–Kier alpha value is -9.76. The number of ether oxygens (including phenoxy) is 1. The standard InChI is InChI=1S/C73H49NO/c1-3-21-50(22-4-1)51-39-41-54(42-40-51)58-26-12-17-35-69(58)74(70-36-18-13-31-64(70)61-29-10-9-28-60(61)59-27-8-7-25-57(59)53-23-5-2-6-24-53)56-46-43-52(44-47-56)55-45-48-63-62-30-11-14-32-65(62)73(68(63)49-55)66-33-15-19-37-71(66)75-72-38-20-16-34-67(72)73/h1-49H. The van der Waals surface area contributed by atoms with Gasteiger partial charge in [-0.3, -0.25) is 0 Å². The number of benzene rings is 12. The summed E-state index contributed by atoms with van der Waals surface area (Å²) in [5.74, 6) is 1.79. The zero-order valence-corrected chi connectivity index (χ0v) is 41.1. The van der Waals surface area contributed by atoms with E-state index in [4.69, 9.17) is 4.74 Å². The molecule has 352 valence electrons. The maximum atomic E-state index is 6.66. The average molecular weight is 956 g/mol. The van der Waals surface area contributed by atoms with Gasteiger partial charge in [0.25, 0.3) is 0 Å². The van der Waals surface area contributed by atoms with Gasteiger partial charge in [0.2, 0.25) is 0 Å². The van der Waals surface area contributed by atoms with Gasteiger partial charge in [0.15, 0.2) is 0 Å². The molecule has 1 spiro atoms. The minimum atomic E-state index is -0.547. The second kappa shape index (κ2) is 18.4. The van der Waals surface area contributed by atoms with Crippen LogP contribution in [0.2, 0.25) is 0 Å². The third kappa shape index (κ3) is 7.33. The molecule has 0 radical (unpaired) electrons. The number of hydrogen-bond donors (Lipinski definition) is 0. The summed E-state index contributed by atoms with van der Waals surface area (Å²) in [7, 11) is 0.